The molecule has 1 rings (SSSR count). The molecule has 0 aromatic rings. The van der Waals surface area contributed by atoms with Gasteiger partial charge in [0, 0.05) is 12.1 Å². The molecule has 0 heterocycles. The summed E-state index contributed by atoms with van der Waals surface area (Å²) >= 11 is 0. The van der Waals surface area contributed by atoms with Crippen LogP contribution in [0.3, 0.4) is 0 Å². The van der Waals surface area contributed by atoms with Crippen LogP contribution in [0.25, 0.3) is 0 Å². The van der Waals surface area contributed by atoms with Gasteiger partial charge in [0.05, 0.1) is 0 Å². The Labute approximate surface area is 76.9 Å². The van der Waals surface area contributed by atoms with Crippen molar-refractivity contribution in [3.8, 4) is 0 Å². The van der Waals surface area contributed by atoms with Gasteiger partial charge in [-0.05, 0) is 38.5 Å². The molecule has 1 aliphatic carbocycles. The van der Waals surface area contributed by atoms with E-state index in [4.69, 9.17) is 0 Å². The van der Waals surface area contributed by atoms with Gasteiger partial charge < -0.3 is 5.32 Å². The van der Waals surface area contributed by atoms with E-state index in [2.05, 4.69) is 26.1 Å². The van der Waals surface area contributed by atoms with Gasteiger partial charge in [-0.15, -0.1) is 0 Å². The lowest BCUT2D eigenvalue weighted by molar-refractivity contribution is 0.386. The summed E-state index contributed by atoms with van der Waals surface area (Å²) in [5.74, 6) is 0.996. The molecule has 0 aromatic heterocycles. The van der Waals surface area contributed by atoms with Crippen LogP contribution in [0.1, 0.15) is 52.9 Å². The summed E-state index contributed by atoms with van der Waals surface area (Å²) in [6.45, 7) is 6.90. The van der Waals surface area contributed by atoms with Crippen LogP contribution >= 0.6 is 0 Å². The predicted octanol–water partition coefficient (Wildman–Crippen LogP) is 2.95. The zero-order valence-electron chi connectivity index (χ0n) is 8.77. The van der Waals surface area contributed by atoms with Crippen LogP contribution < -0.4 is 5.32 Å². The third-order valence-electron chi connectivity index (χ3n) is 2.96. The Morgan fingerprint density at radius 2 is 2.00 bits per heavy atom. The van der Waals surface area contributed by atoms with Crippen molar-refractivity contribution in [3.63, 3.8) is 0 Å². The van der Waals surface area contributed by atoms with Crippen LogP contribution in [0.15, 0.2) is 0 Å². The van der Waals surface area contributed by atoms with E-state index < -0.39 is 0 Å². The highest BCUT2D eigenvalue weighted by Crippen LogP contribution is 2.32. The smallest absolute Gasteiger partial charge is 0.00695 e. The third kappa shape index (κ3) is 3.14. The first-order valence-corrected chi connectivity index (χ1v) is 5.54. The molecule has 0 radical (unpaired) electrons. The molecule has 1 fully saturated rings. The second-order valence-corrected chi connectivity index (χ2v) is 4.19. The van der Waals surface area contributed by atoms with Crippen LogP contribution in [0.5, 0.6) is 0 Å². The maximum atomic E-state index is 3.73. The maximum absolute atomic E-state index is 3.73. The molecule has 0 bridgehead atoms. The monoisotopic (exact) mass is 169 g/mol. The normalized spacial score (nSPS) is 22.2. The van der Waals surface area contributed by atoms with E-state index in [1.807, 2.05) is 0 Å². The first-order chi connectivity index (χ1) is 5.77. The lowest BCUT2D eigenvalue weighted by atomic mass is 10.1. The second kappa shape index (κ2) is 4.86. The van der Waals surface area contributed by atoms with Crippen molar-refractivity contribution in [3.05, 3.63) is 0 Å². The molecule has 1 aliphatic rings. The van der Waals surface area contributed by atoms with Gasteiger partial charge in [-0.2, -0.15) is 0 Å². The van der Waals surface area contributed by atoms with Crippen molar-refractivity contribution in [2.24, 2.45) is 5.92 Å². The first-order valence-electron chi connectivity index (χ1n) is 5.54. The molecule has 72 valence electrons. The summed E-state index contributed by atoms with van der Waals surface area (Å²) in [7, 11) is 0. The Morgan fingerprint density at radius 1 is 1.33 bits per heavy atom. The molecule has 0 aliphatic heterocycles. The Kier molecular flexibility index (Phi) is 4.07. The number of hydrogen-bond donors (Lipinski definition) is 1. The fourth-order valence-corrected chi connectivity index (χ4v) is 1.86. The average molecular weight is 169 g/mol. The van der Waals surface area contributed by atoms with Crippen molar-refractivity contribution < 1.29 is 0 Å². The topological polar surface area (TPSA) is 12.0 Å². The van der Waals surface area contributed by atoms with Crippen LogP contribution in [-0.2, 0) is 0 Å². The minimum absolute atomic E-state index is 0.765. The molecule has 0 saturated heterocycles. The van der Waals surface area contributed by atoms with Crippen molar-refractivity contribution >= 4 is 0 Å². The molecule has 1 N–H and O–H groups in total. The molecular weight excluding hydrogens is 146 g/mol. The van der Waals surface area contributed by atoms with Crippen molar-refractivity contribution in [2.75, 3.05) is 0 Å². The molecule has 1 saturated carbocycles. The van der Waals surface area contributed by atoms with E-state index >= 15 is 0 Å². The first kappa shape index (κ1) is 10.0. The van der Waals surface area contributed by atoms with Crippen LogP contribution in [0, 0.1) is 5.92 Å². The summed E-state index contributed by atoms with van der Waals surface area (Å²) in [4.78, 5) is 0. The zero-order chi connectivity index (χ0) is 8.97. The number of rotatable bonds is 6. The number of nitrogens with one attached hydrogen (secondary N) is 1. The second-order valence-electron chi connectivity index (χ2n) is 4.19. The van der Waals surface area contributed by atoms with E-state index in [1.54, 1.807) is 0 Å². The molecule has 0 spiro atoms. The lowest BCUT2D eigenvalue weighted by Crippen LogP contribution is -2.37. The van der Waals surface area contributed by atoms with Gasteiger partial charge in [-0.3, -0.25) is 0 Å². The molecular formula is C11H23N. The molecule has 1 heteroatoms. The quantitative estimate of drug-likeness (QED) is 0.644. The van der Waals surface area contributed by atoms with Crippen LogP contribution in [0.4, 0.5) is 0 Å². The Balaban J connectivity index is 2.15. The Morgan fingerprint density at radius 3 is 2.42 bits per heavy atom. The molecule has 0 amide bonds. The van der Waals surface area contributed by atoms with Crippen molar-refractivity contribution in [1.29, 1.82) is 0 Å². The third-order valence-corrected chi connectivity index (χ3v) is 2.96. The highest BCUT2D eigenvalue weighted by atomic mass is 15.0. The Bertz CT molecular complexity index is 118. The molecule has 2 atom stereocenters. The van der Waals surface area contributed by atoms with Gasteiger partial charge in [0.1, 0.15) is 0 Å². The van der Waals surface area contributed by atoms with E-state index in [0.717, 1.165) is 18.0 Å². The number of hydrogen-bond acceptors (Lipinski definition) is 1. The minimum Gasteiger partial charge on any atom is -0.311 e. The van der Waals surface area contributed by atoms with Crippen molar-refractivity contribution in [1.82, 2.24) is 5.32 Å². The maximum Gasteiger partial charge on any atom is 0.00695 e. The SMILES string of the molecule is CCCC(CC)NC(C)C1CC1. The van der Waals surface area contributed by atoms with Gasteiger partial charge in [-0.25, -0.2) is 0 Å². The molecule has 12 heavy (non-hydrogen) atoms. The van der Waals surface area contributed by atoms with E-state index in [0.29, 0.717) is 0 Å². The van der Waals surface area contributed by atoms with Crippen LogP contribution in [-0.4, -0.2) is 12.1 Å². The van der Waals surface area contributed by atoms with Gasteiger partial charge in [0.15, 0.2) is 0 Å². The van der Waals surface area contributed by atoms with E-state index in [-0.39, 0.29) is 0 Å². The van der Waals surface area contributed by atoms with Crippen LogP contribution in [0.2, 0.25) is 0 Å². The summed E-state index contributed by atoms with van der Waals surface area (Å²) in [5, 5.41) is 3.73. The largest absolute Gasteiger partial charge is 0.311 e. The highest BCUT2D eigenvalue weighted by molar-refractivity contribution is 4.85. The summed E-state index contributed by atoms with van der Waals surface area (Å²) in [5.41, 5.74) is 0. The predicted molar refractivity (Wildman–Crippen MR) is 54.3 cm³/mol. The van der Waals surface area contributed by atoms with Crippen molar-refractivity contribution in [2.45, 2.75) is 65.0 Å². The van der Waals surface area contributed by atoms with E-state index in [9.17, 15) is 0 Å². The van der Waals surface area contributed by atoms with Gasteiger partial charge in [0.25, 0.3) is 0 Å². The standard InChI is InChI=1S/C11H23N/c1-4-6-11(5-2)12-9(3)10-7-8-10/h9-12H,4-8H2,1-3H3. The van der Waals surface area contributed by atoms with Gasteiger partial charge in [-0.1, -0.05) is 20.3 Å². The highest BCUT2D eigenvalue weighted by Gasteiger charge is 2.28. The van der Waals surface area contributed by atoms with Gasteiger partial charge >= 0.3 is 0 Å². The zero-order valence-corrected chi connectivity index (χ0v) is 8.77. The van der Waals surface area contributed by atoms with E-state index in [1.165, 1.54) is 32.1 Å². The average Bonchev–Trinajstić information content (AvgIpc) is 2.85. The molecule has 2 unspecified atom stereocenters. The minimum atomic E-state index is 0.765. The molecule has 1 nitrogen and oxygen atoms in total. The molecule has 0 aromatic carbocycles. The fourth-order valence-electron chi connectivity index (χ4n) is 1.86. The summed E-state index contributed by atoms with van der Waals surface area (Å²) in [6.07, 6.45) is 6.84. The lowest BCUT2D eigenvalue weighted by Gasteiger charge is -2.21. The Hall–Kier alpha value is -0.0400. The van der Waals surface area contributed by atoms with Gasteiger partial charge in [0.2, 0.25) is 0 Å². The summed E-state index contributed by atoms with van der Waals surface area (Å²) in [6, 6.07) is 1.53. The fraction of sp³-hybridized carbons (Fsp3) is 1.00. The summed E-state index contributed by atoms with van der Waals surface area (Å²) < 4.78 is 0.